The Morgan fingerprint density at radius 3 is 2.91 bits per heavy atom. The maximum atomic E-state index is 11.1. The minimum absolute atomic E-state index is 0.0606. The summed E-state index contributed by atoms with van der Waals surface area (Å²) in [6, 6.07) is 11.8. The number of anilines is 2. The Balaban J connectivity index is 1.74. The summed E-state index contributed by atoms with van der Waals surface area (Å²) in [6.07, 6.45) is 3.88. The molecule has 0 saturated heterocycles. The number of nitrogens with zero attached hydrogens (tertiary/aromatic N) is 2. The van der Waals surface area contributed by atoms with Crippen LogP contribution in [0.25, 0.3) is 5.65 Å². The first-order valence-electron chi connectivity index (χ1n) is 7.16. The zero-order valence-electron chi connectivity index (χ0n) is 12.6. The Morgan fingerprint density at radius 2 is 2.14 bits per heavy atom. The van der Waals surface area contributed by atoms with Crippen LogP contribution in [0.5, 0.6) is 0 Å². The highest BCUT2D eigenvalue weighted by molar-refractivity contribution is 5.89. The van der Waals surface area contributed by atoms with Crippen molar-refractivity contribution in [3.05, 3.63) is 60.0 Å². The SMILES string of the molecule is CC(=O)Nc1ccc(NCc2cnc3ccccn23)cc1C. The van der Waals surface area contributed by atoms with E-state index in [2.05, 4.69) is 20.0 Å². The van der Waals surface area contributed by atoms with Crippen LogP contribution in [0.3, 0.4) is 0 Å². The van der Waals surface area contributed by atoms with Gasteiger partial charge in [0.1, 0.15) is 5.65 Å². The average Bonchev–Trinajstić information content (AvgIpc) is 2.90. The fourth-order valence-electron chi connectivity index (χ4n) is 2.41. The van der Waals surface area contributed by atoms with Crippen LogP contribution in [0.4, 0.5) is 11.4 Å². The van der Waals surface area contributed by atoms with E-state index in [9.17, 15) is 4.79 Å². The number of carbonyl (C=O) groups excluding carboxylic acids is 1. The lowest BCUT2D eigenvalue weighted by atomic mass is 10.1. The lowest BCUT2D eigenvalue weighted by Crippen LogP contribution is -2.08. The molecule has 0 aliphatic carbocycles. The van der Waals surface area contributed by atoms with Crippen LogP contribution in [-0.4, -0.2) is 15.3 Å². The third-order valence-electron chi connectivity index (χ3n) is 3.50. The first-order chi connectivity index (χ1) is 10.6. The lowest BCUT2D eigenvalue weighted by Gasteiger charge is -2.11. The molecule has 0 aliphatic heterocycles. The van der Waals surface area contributed by atoms with E-state index in [4.69, 9.17) is 0 Å². The van der Waals surface area contributed by atoms with Gasteiger partial charge in [-0.05, 0) is 42.8 Å². The number of nitrogens with one attached hydrogen (secondary N) is 2. The molecule has 2 N–H and O–H groups in total. The summed E-state index contributed by atoms with van der Waals surface area (Å²) < 4.78 is 2.06. The number of benzene rings is 1. The van der Waals surface area contributed by atoms with Gasteiger partial charge in [0.2, 0.25) is 5.91 Å². The van der Waals surface area contributed by atoms with Crippen molar-refractivity contribution in [1.29, 1.82) is 0 Å². The summed E-state index contributed by atoms with van der Waals surface area (Å²) in [7, 11) is 0. The van der Waals surface area contributed by atoms with Crippen molar-refractivity contribution >= 4 is 22.9 Å². The smallest absolute Gasteiger partial charge is 0.221 e. The predicted molar refractivity (Wildman–Crippen MR) is 88.0 cm³/mol. The lowest BCUT2D eigenvalue weighted by molar-refractivity contribution is -0.114. The van der Waals surface area contributed by atoms with Crippen molar-refractivity contribution in [3.8, 4) is 0 Å². The van der Waals surface area contributed by atoms with Gasteiger partial charge >= 0.3 is 0 Å². The van der Waals surface area contributed by atoms with Crippen LogP contribution in [0.1, 0.15) is 18.2 Å². The molecular formula is C17H18N4O. The summed E-state index contributed by atoms with van der Waals surface area (Å²) in [5.74, 6) is -0.0606. The molecule has 0 fully saturated rings. The molecule has 1 aromatic carbocycles. The Hall–Kier alpha value is -2.82. The fraction of sp³-hybridized carbons (Fsp3) is 0.176. The largest absolute Gasteiger partial charge is 0.379 e. The van der Waals surface area contributed by atoms with Crippen LogP contribution in [0.15, 0.2) is 48.8 Å². The van der Waals surface area contributed by atoms with E-state index in [1.54, 1.807) is 0 Å². The number of aryl methyl sites for hydroxylation is 1. The predicted octanol–water partition coefficient (Wildman–Crippen LogP) is 3.21. The number of hydrogen-bond acceptors (Lipinski definition) is 3. The van der Waals surface area contributed by atoms with Gasteiger partial charge in [0.15, 0.2) is 0 Å². The minimum Gasteiger partial charge on any atom is -0.379 e. The summed E-state index contributed by atoms with van der Waals surface area (Å²) in [5.41, 5.74) is 4.92. The molecule has 5 heteroatoms. The maximum absolute atomic E-state index is 11.1. The molecule has 22 heavy (non-hydrogen) atoms. The molecule has 2 aromatic heterocycles. The molecule has 0 bridgehead atoms. The highest BCUT2D eigenvalue weighted by Gasteiger charge is 2.04. The topological polar surface area (TPSA) is 58.4 Å². The first kappa shape index (κ1) is 14.1. The molecule has 5 nitrogen and oxygen atoms in total. The van der Waals surface area contributed by atoms with E-state index in [0.29, 0.717) is 6.54 Å². The van der Waals surface area contributed by atoms with Gasteiger partial charge in [-0.15, -0.1) is 0 Å². The Kier molecular flexibility index (Phi) is 3.78. The van der Waals surface area contributed by atoms with Crippen LogP contribution < -0.4 is 10.6 Å². The van der Waals surface area contributed by atoms with Crippen molar-refractivity contribution in [2.45, 2.75) is 20.4 Å². The molecule has 112 valence electrons. The molecule has 0 radical (unpaired) electrons. The number of rotatable bonds is 4. The van der Waals surface area contributed by atoms with Crippen LogP contribution >= 0.6 is 0 Å². The number of hydrogen-bond donors (Lipinski definition) is 2. The molecule has 0 atom stereocenters. The van der Waals surface area contributed by atoms with Crippen LogP contribution in [0.2, 0.25) is 0 Å². The second-order valence-electron chi connectivity index (χ2n) is 5.24. The van der Waals surface area contributed by atoms with Crippen LogP contribution in [-0.2, 0) is 11.3 Å². The van der Waals surface area contributed by atoms with Gasteiger partial charge < -0.3 is 15.0 Å². The summed E-state index contributed by atoms with van der Waals surface area (Å²) in [5, 5.41) is 6.20. The molecule has 3 rings (SSSR count). The van der Waals surface area contributed by atoms with Crippen molar-refractivity contribution in [1.82, 2.24) is 9.38 Å². The van der Waals surface area contributed by atoms with Gasteiger partial charge in [-0.1, -0.05) is 6.07 Å². The van der Waals surface area contributed by atoms with Gasteiger partial charge in [0.25, 0.3) is 0 Å². The average molecular weight is 294 g/mol. The Morgan fingerprint density at radius 1 is 1.27 bits per heavy atom. The first-order valence-corrected chi connectivity index (χ1v) is 7.16. The van der Waals surface area contributed by atoms with Crippen molar-refractivity contribution < 1.29 is 4.79 Å². The molecule has 3 aromatic rings. The van der Waals surface area contributed by atoms with Gasteiger partial charge in [-0.25, -0.2) is 4.98 Å². The Labute approximate surface area is 129 Å². The van der Waals surface area contributed by atoms with Gasteiger partial charge in [-0.2, -0.15) is 0 Å². The zero-order chi connectivity index (χ0) is 15.5. The third-order valence-corrected chi connectivity index (χ3v) is 3.50. The van der Waals surface area contributed by atoms with Crippen molar-refractivity contribution in [2.75, 3.05) is 10.6 Å². The van der Waals surface area contributed by atoms with Gasteiger partial charge in [-0.3, -0.25) is 4.79 Å². The fourth-order valence-corrected chi connectivity index (χ4v) is 2.41. The second kappa shape index (κ2) is 5.89. The molecule has 0 aliphatic rings. The van der Waals surface area contributed by atoms with E-state index in [-0.39, 0.29) is 5.91 Å². The molecule has 0 saturated carbocycles. The number of amides is 1. The van der Waals surface area contributed by atoms with Crippen molar-refractivity contribution in [3.63, 3.8) is 0 Å². The van der Waals surface area contributed by atoms with Gasteiger partial charge in [0.05, 0.1) is 18.4 Å². The monoisotopic (exact) mass is 294 g/mol. The molecule has 1 amide bonds. The van der Waals surface area contributed by atoms with E-state index in [0.717, 1.165) is 28.3 Å². The minimum atomic E-state index is -0.0606. The van der Waals surface area contributed by atoms with Crippen molar-refractivity contribution in [2.24, 2.45) is 0 Å². The molecular weight excluding hydrogens is 276 g/mol. The summed E-state index contributed by atoms with van der Waals surface area (Å²) in [4.78, 5) is 15.5. The summed E-state index contributed by atoms with van der Waals surface area (Å²) >= 11 is 0. The van der Waals surface area contributed by atoms with E-state index >= 15 is 0 Å². The van der Waals surface area contributed by atoms with E-state index in [1.165, 1.54) is 6.92 Å². The standard InChI is InChI=1S/C17H18N4O/c1-12-9-14(6-7-16(12)20-13(2)22)18-10-15-11-19-17-5-3-4-8-21(15)17/h3-9,11,18H,10H2,1-2H3,(H,20,22). The van der Waals surface area contributed by atoms with E-state index < -0.39 is 0 Å². The number of aromatic nitrogens is 2. The molecule has 0 spiro atoms. The number of pyridine rings is 1. The zero-order valence-corrected chi connectivity index (χ0v) is 12.6. The highest BCUT2D eigenvalue weighted by Crippen LogP contribution is 2.20. The number of carbonyl (C=O) groups is 1. The molecule has 0 unspecified atom stereocenters. The summed E-state index contributed by atoms with van der Waals surface area (Å²) in [6.45, 7) is 4.17. The van der Waals surface area contributed by atoms with Crippen LogP contribution in [0, 0.1) is 6.92 Å². The normalized spacial score (nSPS) is 10.6. The number of fused-ring (bicyclic) bond motifs is 1. The second-order valence-corrected chi connectivity index (χ2v) is 5.24. The Bertz CT molecular complexity index is 822. The van der Waals surface area contributed by atoms with Gasteiger partial charge in [0, 0.05) is 24.5 Å². The highest BCUT2D eigenvalue weighted by atomic mass is 16.1. The third kappa shape index (κ3) is 2.93. The quantitative estimate of drug-likeness (QED) is 0.777. The number of imidazole rings is 1. The maximum Gasteiger partial charge on any atom is 0.221 e. The molecule has 2 heterocycles. The van der Waals surface area contributed by atoms with E-state index in [1.807, 2.05) is 55.7 Å².